The van der Waals surface area contributed by atoms with Crippen LogP contribution in [0.5, 0.6) is 0 Å². The van der Waals surface area contributed by atoms with Gasteiger partial charge < -0.3 is 4.40 Å². The number of rotatable bonds is 3. The molecule has 0 saturated heterocycles. The van der Waals surface area contributed by atoms with Gasteiger partial charge in [-0.2, -0.15) is 0 Å². The monoisotopic (exact) mass is 212 g/mol. The highest BCUT2D eigenvalue weighted by molar-refractivity contribution is 5.49. The third-order valence-corrected chi connectivity index (χ3v) is 3.28. The van der Waals surface area contributed by atoms with Crippen LogP contribution in [0.2, 0.25) is 0 Å². The maximum atomic E-state index is 8.27. The minimum Gasteiger partial charge on any atom is -0.324 e. The van der Waals surface area contributed by atoms with Gasteiger partial charge in [0.2, 0.25) is 0 Å². The van der Waals surface area contributed by atoms with Crippen molar-refractivity contribution in [3.63, 3.8) is 0 Å². The van der Waals surface area contributed by atoms with Crippen LogP contribution in [0.25, 0.3) is 16.0 Å². The molecular formula is C12H12N4. The summed E-state index contributed by atoms with van der Waals surface area (Å²) in [4.78, 5) is 2.81. The Morgan fingerprint density at radius 2 is 2.38 bits per heavy atom. The first kappa shape index (κ1) is 9.31. The fraction of sp³-hybridized carbons (Fsp3) is 0.333. The zero-order valence-corrected chi connectivity index (χ0v) is 8.82. The van der Waals surface area contributed by atoms with Crippen LogP contribution in [0, 0.1) is 5.92 Å². The molecule has 1 fully saturated rings. The molecule has 0 spiro atoms. The van der Waals surface area contributed by atoms with E-state index >= 15 is 0 Å². The largest absolute Gasteiger partial charge is 0.324 e. The van der Waals surface area contributed by atoms with Crippen molar-refractivity contribution in [3.8, 4) is 0 Å². The summed E-state index contributed by atoms with van der Waals surface area (Å²) in [6, 6.07) is 8.45. The van der Waals surface area contributed by atoms with Crippen molar-refractivity contribution >= 4 is 5.52 Å². The Morgan fingerprint density at radius 3 is 3.25 bits per heavy atom. The lowest BCUT2D eigenvalue weighted by Crippen LogP contribution is -1.90. The van der Waals surface area contributed by atoms with E-state index in [-0.39, 0.29) is 0 Å². The minimum absolute atomic E-state index is 0.545. The minimum atomic E-state index is 0.545. The standard InChI is InChI=1S/C12H12N4/c13-15-14-7-10-6-12(10)9-3-4-11-2-1-5-16(11)8-9/h1-5,8,10,12H,6-7H2. The van der Waals surface area contributed by atoms with Crippen LogP contribution in [-0.2, 0) is 0 Å². The smallest absolute Gasteiger partial charge is 0.0450 e. The van der Waals surface area contributed by atoms with Crippen LogP contribution in [0.3, 0.4) is 0 Å². The van der Waals surface area contributed by atoms with Crippen molar-refractivity contribution in [2.75, 3.05) is 6.54 Å². The van der Waals surface area contributed by atoms with E-state index in [1.807, 2.05) is 6.07 Å². The Morgan fingerprint density at radius 1 is 1.44 bits per heavy atom. The molecular weight excluding hydrogens is 200 g/mol. The van der Waals surface area contributed by atoms with Crippen LogP contribution < -0.4 is 0 Å². The molecule has 80 valence electrons. The Balaban J connectivity index is 1.82. The number of nitrogens with zero attached hydrogens (tertiary/aromatic N) is 4. The summed E-state index contributed by atoms with van der Waals surface area (Å²) in [5, 5.41) is 3.64. The summed E-state index contributed by atoms with van der Waals surface area (Å²) in [6.07, 6.45) is 5.38. The molecule has 1 aliphatic rings. The van der Waals surface area contributed by atoms with Crippen molar-refractivity contribution in [2.45, 2.75) is 12.3 Å². The first-order valence-electron chi connectivity index (χ1n) is 5.46. The highest BCUT2D eigenvalue weighted by Crippen LogP contribution is 2.47. The van der Waals surface area contributed by atoms with E-state index in [1.54, 1.807) is 0 Å². The lowest BCUT2D eigenvalue weighted by molar-refractivity contribution is 0.801. The predicted molar refractivity (Wildman–Crippen MR) is 62.3 cm³/mol. The zero-order valence-electron chi connectivity index (χ0n) is 8.82. The maximum absolute atomic E-state index is 8.27. The Kier molecular flexibility index (Phi) is 2.08. The molecule has 0 radical (unpaired) electrons. The number of pyridine rings is 1. The van der Waals surface area contributed by atoms with Crippen molar-refractivity contribution in [3.05, 3.63) is 52.7 Å². The summed E-state index contributed by atoms with van der Waals surface area (Å²) in [6.45, 7) is 0.630. The number of azide groups is 1. The van der Waals surface area contributed by atoms with Gasteiger partial charge in [-0.3, -0.25) is 0 Å². The van der Waals surface area contributed by atoms with Crippen molar-refractivity contribution < 1.29 is 0 Å². The predicted octanol–water partition coefficient (Wildman–Crippen LogP) is 3.35. The van der Waals surface area contributed by atoms with Crippen LogP contribution in [0.4, 0.5) is 0 Å². The fourth-order valence-electron chi connectivity index (χ4n) is 2.27. The average molecular weight is 212 g/mol. The average Bonchev–Trinajstić information content (AvgIpc) is 2.93. The lowest BCUT2D eigenvalue weighted by Gasteiger charge is -2.01. The Labute approximate surface area is 93.1 Å². The maximum Gasteiger partial charge on any atom is 0.0450 e. The molecule has 1 aliphatic carbocycles. The second kappa shape index (κ2) is 3.58. The quantitative estimate of drug-likeness (QED) is 0.425. The van der Waals surface area contributed by atoms with E-state index in [2.05, 4.69) is 45.0 Å². The van der Waals surface area contributed by atoms with Gasteiger partial charge in [0.25, 0.3) is 0 Å². The molecule has 0 aromatic carbocycles. The van der Waals surface area contributed by atoms with Crippen LogP contribution in [-0.4, -0.2) is 10.9 Å². The van der Waals surface area contributed by atoms with Gasteiger partial charge in [0, 0.05) is 29.4 Å². The first-order valence-corrected chi connectivity index (χ1v) is 5.46. The van der Waals surface area contributed by atoms with Gasteiger partial charge in [0.1, 0.15) is 0 Å². The number of hydrogen-bond acceptors (Lipinski definition) is 1. The van der Waals surface area contributed by atoms with E-state index in [0.717, 1.165) is 6.42 Å². The molecule has 0 amide bonds. The molecule has 16 heavy (non-hydrogen) atoms. The molecule has 0 aliphatic heterocycles. The number of hydrogen-bond donors (Lipinski definition) is 0. The van der Waals surface area contributed by atoms with Crippen molar-refractivity contribution in [2.24, 2.45) is 11.0 Å². The van der Waals surface area contributed by atoms with Crippen LogP contribution in [0.1, 0.15) is 17.9 Å². The van der Waals surface area contributed by atoms with E-state index in [1.165, 1.54) is 11.1 Å². The normalized spacial score (nSPS) is 23.0. The van der Waals surface area contributed by atoms with Gasteiger partial charge >= 0.3 is 0 Å². The van der Waals surface area contributed by atoms with E-state index in [9.17, 15) is 0 Å². The van der Waals surface area contributed by atoms with Crippen LogP contribution in [0.15, 0.2) is 41.8 Å². The van der Waals surface area contributed by atoms with Gasteiger partial charge in [0.05, 0.1) is 0 Å². The number of aromatic nitrogens is 1. The summed E-state index contributed by atoms with van der Waals surface area (Å²) in [5.41, 5.74) is 10.8. The molecule has 4 nitrogen and oxygen atoms in total. The van der Waals surface area contributed by atoms with Gasteiger partial charge in [0.15, 0.2) is 0 Å². The van der Waals surface area contributed by atoms with Gasteiger partial charge in [-0.1, -0.05) is 11.2 Å². The second-order valence-electron chi connectivity index (χ2n) is 4.32. The molecule has 2 heterocycles. The highest BCUT2D eigenvalue weighted by Gasteiger charge is 2.37. The SMILES string of the molecule is [N-]=[N+]=NCC1CC1c1ccc2cccn2c1. The summed E-state index contributed by atoms with van der Waals surface area (Å²) in [7, 11) is 0. The van der Waals surface area contributed by atoms with Gasteiger partial charge in [-0.05, 0) is 47.6 Å². The highest BCUT2D eigenvalue weighted by atomic mass is 15.1. The molecule has 0 bridgehead atoms. The summed E-state index contributed by atoms with van der Waals surface area (Å²) >= 11 is 0. The van der Waals surface area contributed by atoms with Gasteiger partial charge in [-0.25, -0.2) is 0 Å². The summed E-state index contributed by atoms with van der Waals surface area (Å²) in [5.74, 6) is 1.13. The number of fused-ring (bicyclic) bond motifs is 1. The van der Waals surface area contributed by atoms with Gasteiger partial charge in [-0.15, -0.1) is 0 Å². The topological polar surface area (TPSA) is 53.2 Å². The Bertz CT molecular complexity index is 565. The molecule has 2 unspecified atom stereocenters. The Hall–Kier alpha value is -1.93. The van der Waals surface area contributed by atoms with Crippen molar-refractivity contribution in [1.82, 2.24) is 4.40 Å². The second-order valence-corrected chi connectivity index (χ2v) is 4.32. The van der Waals surface area contributed by atoms with Crippen LogP contribution >= 0.6 is 0 Å². The van der Waals surface area contributed by atoms with E-state index in [0.29, 0.717) is 18.4 Å². The molecule has 3 rings (SSSR count). The third-order valence-electron chi connectivity index (χ3n) is 3.28. The summed E-state index contributed by atoms with van der Waals surface area (Å²) < 4.78 is 2.14. The lowest BCUT2D eigenvalue weighted by atomic mass is 10.1. The molecule has 4 heteroatoms. The fourth-order valence-corrected chi connectivity index (χ4v) is 2.27. The molecule has 2 atom stereocenters. The molecule has 2 aromatic heterocycles. The molecule has 1 saturated carbocycles. The van der Waals surface area contributed by atoms with Crippen molar-refractivity contribution in [1.29, 1.82) is 0 Å². The first-order chi connectivity index (χ1) is 7.88. The van der Waals surface area contributed by atoms with E-state index < -0.39 is 0 Å². The van der Waals surface area contributed by atoms with E-state index in [4.69, 9.17) is 5.53 Å². The zero-order chi connectivity index (χ0) is 11.0. The third kappa shape index (κ3) is 1.53. The molecule has 2 aromatic rings. The molecule has 0 N–H and O–H groups in total.